The van der Waals surface area contributed by atoms with Gasteiger partial charge in [0.25, 0.3) is 0 Å². The van der Waals surface area contributed by atoms with Gasteiger partial charge in [-0.3, -0.25) is 0 Å². The Balaban J connectivity index is 2.53. The number of nitrogens with two attached hydrogens (primary N) is 1. The number of hydrogen-bond acceptors (Lipinski definition) is 6. The van der Waals surface area contributed by atoms with Crippen LogP contribution < -0.4 is 5.73 Å². The van der Waals surface area contributed by atoms with Crippen molar-refractivity contribution in [2.24, 2.45) is 5.73 Å². The van der Waals surface area contributed by atoms with Crippen LogP contribution in [0.25, 0.3) is 0 Å². The summed E-state index contributed by atoms with van der Waals surface area (Å²) in [5, 5.41) is 21.8. The number of nitrogens with zero attached hydrogens (tertiary/aromatic N) is 4. The molecule has 0 aliphatic carbocycles. The second-order valence-corrected chi connectivity index (χ2v) is 4.55. The Labute approximate surface area is 93.2 Å². The van der Waals surface area contributed by atoms with Crippen molar-refractivity contribution in [3.05, 3.63) is 0 Å². The predicted octanol–water partition coefficient (Wildman–Crippen LogP) is -0.115. The van der Waals surface area contributed by atoms with E-state index in [1.54, 1.807) is 11.6 Å². The van der Waals surface area contributed by atoms with E-state index in [0.717, 1.165) is 0 Å². The molecule has 86 valence electrons. The summed E-state index contributed by atoms with van der Waals surface area (Å²) in [6.07, 6.45) is 0.707. The molecule has 1 atom stereocenters. The molecule has 0 spiro atoms. The van der Waals surface area contributed by atoms with Crippen LogP contribution in [0.1, 0.15) is 20.3 Å². The molecule has 3 N–H and O–H groups in total. The Morgan fingerprint density at radius 1 is 1.60 bits per heavy atom. The molecule has 1 aromatic heterocycles. The monoisotopic (exact) mass is 231 g/mol. The van der Waals surface area contributed by atoms with E-state index in [1.807, 2.05) is 6.92 Å². The normalized spacial score (nSPS) is 15.2. The lowest BCUT2D eigenvalue weighted by molar-refractivity contribution is 0.0815. The second kappa shape index (κ2) is 5.43. The molecular formula is C8H17N5OS. The number of aliphatic hydroxyl groups is 1. The predicted molar refractivity (Wildman–Crippen MR) is 58.5 cm³/mol. The molecule has 0 aromatic carbocycles. The number of tetrazole rings is 1. The van der Waals surface area contributed by atoms with E-state index in [1.165, 1.54) is 11.8 Å². The molecular weight excluding hydrogens is 214 g/mol. The van der Waals surface area contributed by atoms with Gasteiger partial charge in [0.2, 0.25) is 5.16 Å². The minimum absolute atomic E-state index is 0.503. The molecule has 6 nitrogen and oxygen atoms in total. The maximum Gasteiger partial charge on any atom is 0.209 e. The van der Waals surface area contributed by atoms with Gasteiger partial charge in [0.05, 0.1) is 12.1 Å². The fourth-order valence-corrected chi connectivity index (χ4v) is 1.90. The van der Waals surface area contributed by atoms with Crippen molar-refractivity contribution in [3.63, 3.8) is 0 Å². The molecule has 0 fully saturated rings. The van der Waals surface area contributed by atoms with Crippen LogP contribution in [0.5, 0.6) is 0 Å². The van der Waals surface area contributed by atoms with E-state index in [9.17, 15) is 5.11 Å². The summed E-state index contributed by atoms with van der Waals surface area (Å²) in [7, 11) is 0. The van der Waals surface area contributed by atoms with Gasteiger partial charge in [0, 0.05) is 12.3 Å². The molecule has 0 radical (unpaired) electrons. The first kappa shape index (κ1) is 12.4. The third kappa shape index (κ3) is 3.77. The second-order valence-electron chi connectivity index (χ2n) is 3.61. The van der Waals surface area contributed by atoms with Crippen molar-refractivity contribution < 1.29 is 5.11 Å². The number of hydrogen-bond donors (Lipinski definition) is 2. The zero-order valence-electron chi connectivity index (χ0n) is 9.05. The van der Waals surface area contributed by atoms with Crippen molar-refractivity contribution in [3.8, 4) is 0 Å². The Morgan fingerprint density at radius 2 is 2.33 bits per heavy atom. The molecule has 0 saturated heterocycles. The summed E-state index contributed by atoms with van der Waals surface area (Å²) in [5.74, 6) is 0.578. The first-order valence-electron chi connectivity index (χ1n) is 4.90. The topological polar surface area (TPSA) is 89.9 Å². The van der Waals surface area contributed by atoms with Crippen molar-refractivity contribution in [1.29, 1.82) is 0 Å². The van der Waals surface area contributed by atoms with Crippen LogP contribution in [-0.2, 0) is 6.54 Å². The number of rotatable bonds is 6. The van der Waals surface area contributed by atoms with Gasteiger partial charge >= 0.3 is 0 Å². The average Bonchev–Trinajstić information content (AvgIpc) is 2.64. The van der Waals surface area contributed by atoms with Gasteiger partial charge in [-0.25, -0.2) is 4.68 Å². The molecule has 1 unspecified atom stereocenters. The van der Waals surface area contributed by atoms with Crippen LogP contribution >= 0.6 is 11.8 Å². The van der Waals surface area contributed by atoms with Gasteiger partial charge in [-0.2, -0.15) is 0 Å². The van der Waals surface area contributed by atoms with Gasteiger partial charge in [0.1, 0.15) is 0 Å². The van der Waals surface area contributed by atoms with E-state index in [4.69, 9.17) is 5.73 Å². The van der Waals surface area contributed by atoms with Gasteiger partial charge in [-0.15, -0.1) is 5.10 Å². The van der Waals surface area contributed by atoms with E-state index in [2.05, 4.69) is 15.5 Å². The summed E-state index contributed by atoms with van der Waals surface area (Å²) in [5.41, 5.74) is 4.75. The van der Waals surface area contributed by atoms with Gasteiger partial charge in [-0.1, -0.05) is 18.7 Å². The summed E-state index contributed by atoms with van der Waals surface area (Å²) in [4.78, 5) is 0. The molecule has 0 amide bonds. The zero-order chi connectivity index (χ0) is 11.3. The highest BCUT2D eigenvalue weighted by atomic mass is 32.2. The SMILES string of the molecule is CCC(C)(O)CSc1nnnn1CCN. The third-order valence-electron chi connectivity index (χ3n) is 2.11. The maximum atomic E-state index is 9.82. The molecule has 1 heterocycles. The highest BCUT2D eigenvalue weighted by Crippen LogP contribution is 2.21. The van der Waals surface area contributed by atoms with E-state index in [-0.39, 0.29) is 0 Å². The molecule has 0 bridgehead atoms. The Kier molecular flexibility index (Phi) is 4.49. The van der Waals surface area contributed by atoms with Crippen LogP contribution in [0.2, 0.25) is 0 Å². The van der Waals surface area contributed by atoms with Crippen LogP contribution in [0, 0.1) is 0 Å². The molecule has 1 aromatic rings. The van der Waals surface area contributed by atoms with Crippen molar-refractivity contribution >= 4 is 11.8 Å². The standard InChI is InChI=1S/C8H17N5OS/c1-3-8(2,14)6-15-7-10-11-12-13(7)5-4-9/h14H,3-6,9H2,1-2H3. The Bertz CT molecular complexity index is 301. The maximum absolute atomic E-state index is 9.82. The van der Waals surface area contributed by atoms with Crippen molar-refractivity contribution in [1.82, 2.24) is 20.2 Å². The molecule has 0 aliphatic rings. The first-order valence-corrected chi connectivity index (χ1v) is 5.89. The van der Waals surface area contributed by atoms with Crippen LogP contribution in [0.3, 0.4) is 0 Å². The van der Waals surface area contributed by atoms with Gasteiger partial charge in [0.15, 0.2) is 0 Å². The smallest absolute Gasteiger partial charge is 0.209 e. The van der Waals surface area contributed by atoms with Crippen molar-refractivity contribution in [2.45, 2.75) is 37.6 Å². The van der Waals surface area contributed by atoms with E-state index in [0.29, 0.717) is 30.4 Å². The van der Waals surface area contributed by atoms with Crippen LogP contribution in [-0.4, -0.2) is 43.2 Å². The fourth-order valence-electron chi connectivity index (χ4n) is 0.885. The number of aromatic nitrogens is 4. The quantitative estimate of drug-likeness (QED) is 0.664. The van der Waals surface area contributed by atoms with E-state index >= 15 is 0 Å². The molecule has 7 heteroatoms. The highest BCUT2D eigenvalue weighted by molar-refractivity contribution is 7.99. The Morgan fingerprint density at radius 3 is 2.93 bits per heavy atom. The lowest BCUT2D eigenvalue weighted by atomic mass is 10.1. The summed E-state index contributed by atoms with van der Waals surface area (Å²) in [6, 6.07) is 0. The summed E-state index contributed by atoms with van der Waals surface area (Å²) >= 11 is 1.45. The summed E-state index contributed by atoms with van der Waals surface area (Å²) < 4.78 is 1.65. The lowest BCUT2D eigenvalue weighted by Crippen LogP contribution is -2.26. The van der Waals surface area contributed by atoms with Crippen molar-refractivity contribution in [2.75, 3.05) is 12.3 Å². The minimum atomic E-state index is -0.676. The van der Waals surface area contributed by atoms with Crippen LogP contribution in [0.4, 0.5) is 0 Å². The highest BCUT2D eigenvalue weighted by Gasteiger charge is 2.19. The zero-order valence-corrected chi connectivity index (χ0v) is 9.87. The molecule has 0 aliphatic heterocycles. The number of thioether (sulfide) groups is 1. The third-order valence-corrected chi connectivity index (χ3v) is 3.43. The molecule has 0 saturated carbocycles. The molecule has 15 heavy (non-hydrogen) atoms. The average molecular weight is 231 g/mol. The lowest BCUT2D eigenvalue weighted by Gasteiger charge is -2.19. The fraction of sp³-hybridized carbons (Fsp3) is 0.875. The van der Waals surface area contributed by atoms with E-state index < -0.39 is 5.60 Å². The first-order chi connectivity index (χ1) is 7.09. The Hall–Kier alpha value is -0.660. The van der Waals surface area contributed by atoms with Crippen LogP contribution in [0.15, 0.2) is 5.16 Å². The minimum Gasteiger partial charge on any atom is -0.389 e. The van der Waals surface area contributed by atoms with Gasteiger partial charge in [-0.05, 0) is 23.8 Å². The molecule has 1 rings (SSSR count). The van der Waals surface area contributed by atoms with Gasteiger partial charge < -0.3 is 10.8 Å². The summed E-state index contributed by atoms with van der Waals surface area (Å²) in [6.45, 7) is 4.85. The largest absolute Gasteiger partial charge is 0.389 e.